The van der Waals surface area contributed by atoms with Gasteiger partial charge in [0.25, 0.3) is 0 Å². The summed E-state index contributed by atoms with van der Waals surface area (Å²) in [4.78, 5) is 9.35. The van der Waals surface area contributed by atoms with Crippen molar-refractivity contribution >= 4 is 27.3 Å². The minimum Gasteiger partial charge on any atom is -0.333 e. The molecule has 0 amide bonds. The number of nitrogens with zero attached hydrogens (tertiary/aromatic N) is 3. The van der Waals surface area contributed by atoms with Crippen molar-refractivity contribution in [3.05, 3.63) is 150 Å². The number of para-hydroxylation sites is 1. The first-order chi connectivity index (χ1) is 22.3. The molecule has 0 aliphatic carbocycles. The molecule has 0 saturated heterocycles. The van der Waals surface area contributed by atoms with E-state index >= 15 is 0 Å². The predicted molar refractivity (Wildman–Crippen MR) is 193 cm³/mol. The standard InChI is InChI=1S/C29H29N2.C14H14N.Ir/c1-19(2)16-21-10-9-11-22(17-20(3)4)28(21)27-18-30-29-25-14-6-5-12-23(25)24-13-7-8-15-26(24)31(27)29;1-14(2,12-8-4-3-5-9-12)13-10-6-7-11-15-13;/h5-13,15,18-20H,16-17H2,1-4H3;3-8,10-11H,1-2H3;/q2*-1;. The smallest absolute Gasteiger partial charge is 0.0639 e. The van der Waals surface area contributed by atoms with Crippen LogP contribution >= 0.6 is 0 Å². The van der Waals surface area contributed by atoms with Crippen molar-refractivity contribution < 1.29 is 20.1 Å². The summed E-state index contributed by atoms with van der Waals surface area (Å²) in [6, 6.07) is 42.5. The van der Waals surface area contributed by atoms with Gasteiger partial charge < -0.3 is 4.40 Å². The maximum atomic E-state index is 4.95. The van der Waals surface area contributed by atoms with Gasteiger partial charge in [0, 0.05) is 54.7 Å². The number of fused-ring (bicyclic) bond motifs is 6. The Morgan fingerprint density at radius 3 is 2.00 bits per heavy atom. The van der Waals surface area contributed by atoms with Crippen LogP contribution in [-0.2, 0) is 38.4 Å². The summed E-state index contributed by atoms with van der Waals surface area (Å²) in [5, 5.41) is 3.53. The number of hydrogen-bond acceptors (Lipinski definition) is 2. The fraction of sp³-hybridized carbons (Fsp3) is 0.256. The van der Waals surface area contributed by atoms with E-state index in [2.05, 4.69) is 136 Å². The van der Waals surface area contributed by atoms with E-state index in [1.165, 1.54) is 44.2 Å². The quantitative estimate of drug-likeness (QED) is 0.119. The Labute approximate surface area is 293 Å². The van der Waals surface area contributed by atoms with Crippen LogP contribution in [0.2, 0.25) is 0 Å². The van der Waals surface area contributed by atoms with Crippen LogP contribution in [0.1, 0.15) is 63.9 Å². The molecule has 0 unspecified atom stereocenters. The Hall–Kier alpha value is -4.11. The van der Waals surface area contributed by atoms with Gasteiger partial charge in [-0.1, -0.05) is 89.4 Å². The summed E-state index contributed by atoms with van der Waals surface area (Å²) in [5.41, 5.74) is 9.73. The number of rotatable bonds is 7. The fourth-order valence-electron chi connectivity index (χ4n) is 6.55. The van der Waals surface area contributed by atoms with Crippen molar-refractivity contribution in [1.82, 2.24) is 14.4 Å². The average Bonchev–Trinajstić information content (AvgIpc) is 3.51. The maximum absolute atomic E-state index is 4.95. The summed E-state index contributed by atoms with van der Waals surface area (Å²) in [6.45, 7) is 13.5. The topological polar surface area (TPSA) is 30.2 Å². The molecule has 4 aromatic carbocycles. The van der Waals surface area contributed by atoms with Crippen molar-refractivity contribution in [2.45, 2.75) is 59.8 Å². The van der Waals surface area contributed by atoms with Crippen LogP contribution < -0.4 is 0 Å². The molecule has 0 aliphatic rings. The normalized spacial score (nSPS) is 11.6. The third kappa shape index (κ3) is 7.10. The van der Waals surface area contributed by atoms with Crippen molar-refractivity contribution in [3.63, 3.8) is 0 Å². The van der Waals surface area contributed by atoms with Crippen molar-refractivity contribution in [1.29, 1.82) is 0 Å². The molecule has 7 aromatic rings. The van der Waals surface area contributed by atoms with E-state index in [4.69, 9.17) is 4.98 Å². The van der Waals surface area contributed by atoms with Gasteiger partial charge in [-0.3, -0.25) is 9.97 Å². The summed E-state index contributed by atoms with van der Waals surface area (Å²) in [6.07, 6.45) is 6.03. The molecule has 0 spiro atoms. The fourth-order valence-corrected chi connectivity index (χ4v) is 6.55. The molecular weight excluding hydrogens is 751 g/mol. The van der Waals surface area contributed by atoms with Gasteiger partial charge in [0.1, 0.15) is 0 Å². The van der Waals surface area contributed by atoms with Crippen LogP contribution in [-0.4, -0.2) is 14.4 Å². The molecule has 241 valence electrons. The molecule has 7 rings (SSSR count). The van der Waals surface area contributed by atoms with Crippen LogP contribution in [0.15, 0.2) is 116 Å². The zero-order valence-corrected chi connectivity index (χ0v) is 30.6. The van der Waals surface area contributed by atoms with Crippen LogP contribution in [0.5, 0.6) is 0 Å². The third-order valence-electron chi connectivity index (χ3n) is 8.71. The SMILES string of the molecule is CC(C)(c1[c-]cccc1)c1ccccn1.CC(C)Cc1cccc(CC(C)C)c1-c1cnc2c3[c-]cccc3c3ccccc3n12.[Ir]. The largest absolute Gasteiger partial charge is 0.333 e. The molecule has 47 heavy (non-hydrogen) atoms. The summed E-state index contributed by atoms with van der Waals surface area (Å²) >= 11 is 0. The number of pyridine rings is 2. The Balaban J connectivity index is 0.000000228. The minimum atomic E-state index is -0.0808. The molecule has 1 radical (unpaired) electrons. The predicted octanol–water partition coefficient (Wildman–Crippen LogP) is 10.7. The second kappa shape index (κ2) is 14.8. The second-order valence-corrected chi connectivity index (χ2v) is 13.5. The van der Waals surface area contributed by atoms with Crippen LogP contribution in [0.4, 0.5) is 0 Å². The molecule has 0 N–H and O–H groups in total. The van der Waals surface area contributed by atoms with Crippen LogP contribution in [0, 0.1) is 24.0 Å². The van der Waals surface area contributed by atoms with Gasteiger partial charge in [-0.2, -0.15) is 35.9 Å². The first-order valence-electron chi connectivity index (χ1n) is 16.4. The zero-order valence-electron chi connectivity index (χ0n) is 28.2. The van der Waals surface area contributed by atoms with Gasteiger partial charge in [0.15, 0.2) is 0 Å². The molecule has 0 atom stereocenters. The summed E-state index contributed by atoms with van der Waals surface area (Å²) < 4.78 is 2.36. The van der Waals surface area contributed by atoms with E-state index in [0.29, 0.717) is 11.8 Å². The van der Waals surface area contributed by atoms with Gasteiger partial charge in [0.2, 0.25) is 0 Å². The van der Waals surface area contributed by atoms with E-state index in [0.717, 1.165) is 29.6 Å². The Morgan fingerprint density at radius 1 is 0.681 bits per heavy atom. The van der Waals surface area contributed by atoms with Crippen molar-refractivity contribution in [2.75, 3.05) is 0 Å². The summed E-state index contributed by atoms with van der Waals surface area (Å²) in [5.74, 6) is 1.19. The van der Waals surface area contributed by atoms with Crippen molar-refractivity contribution in [3.8, 4) is 11.3 Å². The maximum Gasteiger partial charge on any atom is 0.0639 e. The number of aromatic nitrogens is 3. The van der Waals surface area contributed by atoms with Gasteiger partial charge in [-0.25, -0.2) is 0 Å². The van der Waals surface area contributed by atoms with Gasteiger partial charge in [-0.15, -0.1) is 29.7 Å². The number of hydrogen-bond donors (Lipinski definition) is 0. The number of benzene rings is 4. The molecule has 3 aromatic heterocycles. The van der Waals surface area contributed by atoms with E-state index in [1.54, 1.807) is 0 Å². The van der Waals surface area contributed by atoms with E-state index in [-0.39, 0.29) is 25.5 Å². The Bertz CT molecular complexity index is 2010. The molecule has 3 heterocycles. The van der Waals surface area contributed by atoms with Crippen LogP contribution in [0.25, 0.3) is 38.6 Å². The van der Waals surface area contributed by atoms with Gasteiger partial charge in [-0.05, 0) is 59.4 Å². The first kappa shape index (κ1) is 34.2. The van der Waals surface area contributed by atoms with Crippen LogP contribution in [0.3, 0.4) is 0 Å². The van der Waals surface area contributed by atoms with E-state index in [1.807, 2.05) is 42.6 Å². The van der Waals surface area contributed by atoms with Crippen molar-refractivity contribution in [2.24, 2.45) is 11.8 Å². The monoisotopic (exact) mass is 794 g/mol. The minimum absolute atomic E-state index is 0. The van der Waals surface area contributed by atoms with Gasteiger partial charge in [0.05, 0.1) is 11.3 Å². The van der Waals surface area contributed by atoms with E-state index in [9.17, 15) is 0 Å². The molecular formula is C43H43IrN3-2. The second-order valence-electron chi connectivity index (χ2n) is 13.5. The molecule has 4 heteroatoms. The Kier molecular flexibility index (Phi) is 10.7. The zero-order chi connectivity index (χ0) is 32.3. The number of imidazole rings is 1. The molecule has 0 fully saturated rings. The first-order valence-corrected chi connectivity index (χ1v) is 16.4. The van der Waals surface area contributed by atoms with E-state index < -0.39 is 0 Å². The average molecular weight is 794 g/mol. The third-order valence-corrected chi connectivity index (χ3v) is 8.71. The molecule has 3 nitrogen and oxygen atoms in total. The summed E-state index contributed by atoms with van der Waals surface area (Å²) in [7, 11) is 0. The Morgan fingerprint density at radius 2 is 1.34 bits per heavy atom. The molecule has 0 saturated carbocycles. The molecule has 0 bridgehead atoms. The molecule has 0 aliphatic heterocycles. The van der Waals surface area contributed by atoms with Gasteiger partial charge >= 0.3 is 0 Å².